The first-order valence-electron chi connectivity index (χ1n) is 8.85. The first kappa shape index (κ1) is 18.5. The van der Waals surface area contributed by atoms with Gasteiger partial charge in [-0.1, -0.05) is 42.8 Å². The number of carbonyl (C=O) groups excluding carboxylic acids is 1. The van der Waals surface area contributed by atoms with Crippen LogP contribution in [0.15, 0.2) is 46.3 Å². The molecular formula is C19H23N3O3S. The van der Waals surface area contributed by atoms with Crippen LogP contribution in [0.25, 0.3) is 0 Å². The second kappa shape index (κ2) is 8.89. The van der Waals surface area contributed by atoms with Crippen molar-refractivity contribution in [3.63, 3.8) is 0 Å². The van der Waals surface area contributed by atoms with Crippen LogP contribution in [0, 0.1) is 0 Å². The normalized spacial score (nSPS) is 15.6. The second-order valence-electron chi connectivity index (χ2n) is 6.39. The van der Waals surface area contributed by atoms with E-state index in [1.807, 2.05) is 37.3 Å². The number of benzene rings is 1. The Bertz CT molecular complexity index is 788. The summed E-state index contributed by atoms with van der Waals surface area (Å²) in [7, 11) is 0. The van der Waals surface area contributed by atoms with Crippen molar-refractivity contribution >= 4 is 17.7 Å². The van der Waals surface area contributed by atoms with E-state index in [0.717, 1.165) is 12.8 Å². The Morgan fingerprint density at radius 1 is 1.35 bits per heavy atom. The number of thioether (sulfide) groups is 1. The number of rotatable bonds is 7. The minimum Gasteiger partial charge on any atom is -0.487 e. The van der Waals surface area contributed by atoms with Crippen molar-refractivity contribution in [3.8, 4) is 5.75 Å². The Morgan fingerprint density at radius 3 is 2.81 bits per heavy atom. The number of aromatic amines is 1. The van der Waals surface area contributed by atoms with Gasteiger partial charge in [0, 0.05) is 12.1 Å². The summed E-state index contributed by atoms with van der Waals surface area (Å²) in [5.74, 6) is 0.698. The Hall–Kier alpha value is -2.28. The lowest BCUT2D eigenvalue weighted by Gasteiger charge is -2.16. The third-order valence-electron chi connectivity index (χ3n) is 4.26. The van der Waals surface area contributed by atoms with E-state index in [4.69, 9.17) is 4.74 Å². The number of amides is 1. The molecule has 3 rings (SSSR count). The van der Waals surface area contributed by atoms with Crippen molar-refractivity contribution in [2.45, 2.75) is 55.7 Å². The summed E-state index contributed by atoms with van der Waals surface area (Å²) in [5.41, 5.74) is 0.279. The molecule has 2 aromatic rings. The molecule has 0 saturated heterocycles. The number of para-hydroxylation sites is 1. The van der Waals surface area contributed by atoms with Gasteiger partial charge < -0.3 is 15.0 Å². The average Bonchev–Trinajstić information content (AvgIpc) is 3.13. The van der Waals surface area contributed by atoms with Gasteiger partial charge in [0.2, 0.25) is 5.91 Å². The molecule has 1 aliphatic carbocycles. The van der Waals surface area contributed by atoms with Gasteiger partial charge in [0.1, 0.15) is 12.4 Å². The fourth-order valence-corrected chi connectivity index (χ4v) is 3.74. The van der Waals surface area contributed by atoms with Gasteiger partial charge in [0.25, 0.3) is 5.56 Å². The number of nitrogens with zero attached hydrogens (tertiary/aromatic N) is 1. The molecule has 0 aliphatic heterocycles. The molecular weight excluding hydrogens is 350 g/mol. The molecule has 2 N–H and O–H groups in total. The van der Waals surface area contributed by atoms with Crippen molar-refractivity contribution in [1.29, 1.82) is 0 Å². The molecule has 1 fully saturated rings. The van der Waals surface area contributed by atoms with Gasteiger partial charge in [-0.05, 0) is 31.9 Å². The van der Waals surface area contributed by atoms with Crippen LogP contribution >= 0.6 is 11.8 Å². The van der Waals surface area contributed by atoms with E-state index in [-0.39, 0.29) is 29.4 Å². The highest BCUT2D eigenvalue weighted by molar-refractivity contribution is 8.00. The quantitative estimate of drug-likeness (QED) is 0.576. The Labute approximate surface area is 156 Å². The van der Waals surface area contributed by atoms with E-state index in [9.17, 15) is 9.59 Å². The van der Waals surface area contributed by atoms with Gasteiger partial charge in [0.05, 0.1) is 10.9 Å². The second-order valence-corrected chi connectivity index (χ2v) is 7.72. The number of hydrogen-bond donors (Lipinski definition) is 2. The third kappa shape index (κ3) is 5.36. The third-order valence-corrected chi connectivity index (χ3v) is 5.25. The SMILES string of the molecule is CC(Sc1nc(COc2ccccc2)cc(=O)[nH]1)C(=O)NC1CCCC1. The summed E-state index contributed by atoms with van der Waals surface area (Å²) in [6.45, 7) is 2.02. The summed E-state index contributed by atoms with van der Waals surface area (Å²) in [4.78, 5) is 31.3. The number of hydrogen-bond acceptors (Lipinski definition) is 5. The van der Waals surface area contributed by atoms with Gasteiger partial charge in [-0.25, -0.2) is 4.98 Å². The van der Waals surface area contributed by atoms with Crippen LogP contribution < -0.4 is 15.6 Å². The lowest BCUT2D eigenvalue weighted by atomic mass is 10.2. The summed E-state index contributed by atoms with van der Waals surface area (Å²) >= 11 is 1.25. The molecule has 1 aromatic carbocycles. The highest BCUT2D eigenvalue weighted by Gasteiger charge is 2.22. The number of nitrogens with one attached hydrogen (secondary N) is 2. The molecule has 1 aromatic heterocycles. The zero-order valence-corrected chi connectivity index (χ0v) is 15.6. The summed E-state index contributed by atoms with van der Waals surface area (Å²) in [6.07, 6.45) is 4.44. The van der Waals surface area contributed by atoms with Crippen molar-refractivity contribution in [2.24, 2.45) is 0 Å². The van der Waals surface area contributed by atoms with Gasteiger partial charge in [-0.3, -0.25) is 9.59 Å². The first-order valence-corrected chi connectivity index (χ1v) is 9.73. The minimum atomic E-state index is -0.330. The van der Waals surface area contributed by atoms with Crippen LogP contribution in [-0.2, 0) is 11.4 Å². The van der Waals surface area contributed by atoms with E-state index in [1.165, 1.54) is 30.7 Å². The number of carbonyl (C=O) groups is 1. The molecule has 1 amide bonds. The van der Waals surface area contributed by atoms with Gasteiger partial charge in [0.15, 0.2) is 5.16 Å². The maximum atomic E-state index is 12.3. The van der Waals surface area contributed by atoms with Crippen LogP contribution in [0.1, 0.15) is 38.3 Å². The molecule has 7 heteroatoms. The highest BCUT2D eigenvalue weighted by atomic mass is 32.2. The lowest BCUT2D eigenvalue weighted by Crippen LogP contribution is -2.37. The summed E-state index contributed by atoms with van der Waals surface area (Å²) < 4.78 is 5.64. The minimum absolute atomic E-state index is 0.0181. The van der Waals surface area contributed by atoms with E-state index in [0.29, 0.717) is 16.6 Å². The first-order chi connectivity index (χ1) is 12.6. The van der Waals surface area contributed by atoms with Gasteiger partial charge >= 0.3 is 0 Å². The van der Waals surface area contributed by atoms with Crippen LogP contribution in [-0.4, -0.2) is 27.2 Å². The zero-order valence-electron chi connectivity index (χ0n) is 14.7. The lowest BCUT2D eigenvalue weighted by molar-refractivity contribution is -0.120. The molecule has 1 aliphatic rings. The largest absolute Gasteiger partial charge is 0.487 e. The fraction of sp³-hybridized carbons (Fsp3) is 0.421. The molecule has 0 radical (unpaired) electrons. The highest BCUT2D eigenvalue weighted by Crippen LogP contribution is 2.22. The predicted octanol–water partition coefficient (Wildman–Crippen LogP) is 2.89. The van der Waals surface area contributed by atoms with Crippen molar-refractivity contribution in [3.05, 3.63) is 52.4 Å². The van der Waals surface area contributed by atoms with Gasteiger partial charge in [-0.15, -0.1) is 0 Å². The molecule has 1 unspecified atom stereocenters. The maximum absolute atomic E-state index is 12.3. The van der Waals surface area contributed by atoms with Crippen LogP contribution in [0.3, 0.4) is 0 Å². The number of aromatic nitrogens is 2. The summed E-state index contributed by atoms with van der Waals surface area (Å²) in [6, 6.07) is 11.1. The average molecular weight is 373 g/mol. The molecule has 1 atom stereocenters. The Balaban J connectivity index is 1.59. The van der Waals surface area contributed by atoms with Crippen molar-refractivity contribution in [2.75, 3.05) is 0 Å². The molecule has 138 valence electrons. The molecule has 1 heterocycles. The van der Waals surface area contributed by atoms with Crippen molar-refractivity contribution < 1.29 is 9.53 Å². The summed E-state index contributed by atoms with van der Waals surface area (Å²) in [5, 5.41) is 3.17. The maximum Gasteiger partial charge on any atom is 0.251 e. The van der Waals surface area contributed by atoms with E-state index < -0.39 is 0 Å². The van der Waals surface area contributed by atoms with Crippen LogP contribution in [0.2, 0.25) is 0 Å². The Kier molecular flexibility index (Phi) is 6.33. The van der Waals surface area contributed by atoms with Crippen LogP contribution in [0.5, 0.6) is 5.75 Å². The smallest absolute Gasteiger partial charge is 0.251 e. The van der Waals surface area contributed by atoms with E-state index in [1.54, 1.807) is 0 Å². The van der Waals surface area contributed by atoms with Crippen molar-refractivity contribution in [1.82, 2.24) is 15.3 Å². The molecule has 1 saturated carbocycles. The van der Waals surface area contributed by atoms with E-state index in [2.05, 4.69) is 15.3 Å². The molecule has 6 nitrogen and oxygen atoms in total. The monoisotopic (exact) mass is 373 g/mol. The number of ether oxygens (including phenoxy) is 1. The fourth-order valence-electron chi connectivity index (χ4n) is 2.90. The topological polar surface area (TPSA) is 84.1 Å². The Morgan fingerprint density at radius 2 is 2.08 bits per heavy atom. The predicted molar refractivity (Wildman–Crippen MR) is 101 cm³/mol. The molecule has 0 bridgehead atoms. The van der Waals surface area contributed by atoms with Crippen LogP contribution in [0.4, 0.5) is 0 Å². The zero-order chi connectivity index (χ0) is 18.4. The molecule has 26 heavy (non-hydrogen) atoms. The standard InChI is InChI=1S/C19H23N3O3S/c1-13(18(24)20-14-7-5-6-8-14)26-19-21-15(11-17(23)22-19)12-25-16-9-3-2-4-10-16/h2-4,9-11,13-14H,5-8,12H2,1H3,(H,20,24)(H,21,22,23). The van der Waals surface area contributed by atoms with E-state index >= 15 is 0 Å². The molecule has 0 spiro atoms. The van der Waals surface area contributed by atoms with Gasteiger partial charge in [-0.2, -0.15) is 0 Å². The number of H-pyrrole nitrogens is 1.